The van der Waals surface area contributed by atoms with E-state index >= 15 is 0 Å². The van der Waals surface area contributed by atoms with Gasteiger partial charge in [-0.15, -0.1) is 17.0 Å². The number of anilines is 1. The maximum absolute atomic E-state index is 5.94. The lowest BCUT2D eigenvalue weighted by atomic mass is 9.97. The average molecular weight is 370 g/mol. The summed E-state index contributed by atoms with van der Waals surface area (Å²) >= 11 is 0. The van der Waals surface area contributed by atoms with E-state index in [4.69, 9.17) is 5.73 Å². The van der Waals surface area contributed by atoms with Crippen LogP contribution in [0, 0.1) is 13.8 Å². The molecule has 1 aromatic carbocycles. The summed E-state index contributed by atoms with van der Waals surface area (Å²) in [6, 6.07) is 4.28. The smallest absolute Gasteiger partial charge is 0.0346 e. The van der Waals surface area contributed by atoms with Crippen LogP contribution in [0.3, 0.4) is 0 Å². The molecule has 2 heteroatoms. The van der Waals surface area contributed by atoms with E-state index in [0.717, 1.165) is 5.69 Å². The van der Waals surface area contributed by atoms with Gasteiger partial charge in [-0.2, -0.15) is 0 Å². The minimum absolute atomic E-state index is 0. The van der Waals surface area contributed by atoms with Crippen molar-refractivity contribution in [1.82, 2.24) is 0 Å². The van der Waals surface area contributed by atoms with Crippen LogP contribution < -0.4 is 5.73 Å². The normalized spacial score (nSPS) is 10.5. The Morgan fingerprint density at radius 2 is 1.23 bits per heavy atom. The Kier molecular flexibility index (Phi) is 12.7. The van der Waals surface area contributed by atoms with E-state index in [1.807, 2.05) is 0 Å². The zero-order valence-corrected chi connectivity index (χ0v) is 16.6. The van der Waals surface area contributed by atoms with E-state index in [1.54, 1.807) is 0 Å². The van der Waals surface area contributed by atoms with Crippen LogP contribution in [0.25, 0.3) is 0 Å². The van der Waals surface area contributed by atoms with E-state index in [1.165, 1.54) is 87.3 Å². The molecule has 0 aliphatic rings. The molecule has 128 valence electrons. The second kappa shape index (κ2) is 13.0. The number of nitrogens with two attached hydrogens (primary N) is 1. The van der Waals surface area contributed by atoms with Gasteiger partial charge in [0.15, 0.2) is 0 Å². The topological polar surface area (TPSA) is 26.0 Å². The Balaban J connectivity index is 0.00000441. The number of rotatable bonds is 11. The van der Waals surface area contributed by atoms with Crippen molar-refractivity contribution in [3.8, 4) is 0 Å². The largest absolute Gasteiger partial charge is 0.399 e. The van der Waals surface area contributed by atoms with Gasteiger partial charge in [0.25, 0.3) is 0 Å². The molecule has 0 amide bonds. The van der Waals surface area contributed by atoms with Crippen molar-refractivity contribution in [2.75, 3.05) is 5.73 Å². The number of aryl methyl sites for hydroxylation is 1. The molecule has 0 heterocycles. The highest BCUT2D eigenvalue weighted by Crippen LogP contribution is 2.21. The molecule has 0 aliphatic carbocycles. The monoisotopic (exact) mass is 369 g/mol. The van der Waals surface area contributed by atoms with Crippen LogP contribution >= 0.6 is 17.0 Å². The molecular weight excluding hydrogens is 334 g/mol. The first-order valence-electron chi connectivity index (χ1n) is 9.01. The third kappa shape index (κ3) is 8.22. The number of benzene rings is 1. The van der Waals surface area contributed by atoms with Gasteiger partial charge in [0.1, 0.15) is 0 Å². The molecule has 22 heavy (non-hydrogen) atoms. The SMILES string of the molecule is Br.CCCCCCCCCCCCc1ccc(N)c(C)c1C. The van der Waals surface area contributed by atoms with E-state index in [0.29, 0.717) is 0 Å². The van der Waals surface area contributed by atoms with Crippen molar-refractivity contribution >= 4 is 22.7 Å². The van der Waals surface area contributed by atoms with E-state index in [-0.39, 0.29) is 17.0 Å². The maximum atomic E-state index is 5.94. The summed E-state index contributed by atoms with van der Waals surface area (Å²) in [7, 11) is 0. The molecule has 0 radical (unpaired) electrons. The molecule has 0 aromatic heterocycles. The molecular formula is C20H36BrN. The van der Waals surface area contributed by atoms with Gasteiger partial charge < -0.3 is 5.73 Å². The fourth-order valence-corrected chi connectivity index (χ4v) is 2.97. The van der Waals surface area contributed by atoms with Gasteiger partial charge in [-0.05, 0) is 49.4 Å². The highest BCUT2D eigenvalue weighted by atomic mass is 79.9. The van der Waals surface area contributed by atoms with Crippen LogP contribution in [-0.2, 0) is 6.42 Å². The second-order valence-electron chi connectivity index (χ2n) is 6.50. The molecule has 0 spiro atoms. The molecule has 0 bridgehead atoms. The van der Waals surface area contributed by atoms with Crippen LogP contribution in [0.2, 0.25) is 0 Å². The molecule has 1 rings (SSSR count). The molecule has 1 aromatic rings. The number of hydrogen-bond donors (Lipinski definition) is 1. The van der Waals surface area contributed by atoms with E-state index in [2.05, 4.69) is 32.9 Å². The lowest BCUT2D eigenvalue weighted by Crippen LogP contribution is -1.97. The Hall–Kier alpha value is -0.500. The van der Waals surface area contributed by atoms with E-state index < -0.39 is 0 Å². The standard InChI is InChI=1S/C20H35N.BrH/c1-4-5-6-7-8-9-10-11-12-13-14-19-15-16-20(21)18(3)17(19)2;/h15-16H,4-14,21H2,1-3H3;1H. The summed E-state index contributed by atoms with van der Waals surface area (Å²) in [6.07, 6.45) is 15.3. The van der Waals surface area contributed by atoms with Crippen molar-refractivity contribution in [3.05, 3.63) is 28.8 Å². The molecule has 0 aliphatic heterocycles. The van der Waals surface area contributed by atoms with Crippen LogP contribution in [-0.4, -0.2) is 0 Å². The van der Waals surface area contributed by atoms with Gasteiger partial charge in [-0.3, -0.25) is 0 Å². The van der Waals surface area contributed by atoms with E-state index in [9.17, 15) is 0 Å². The van der Waals surface area contributed by atoms with Crippen LogP contribution in [0.1, 0.15) is 87.8 Å². The van der Waals surface area contributed by atoms with Crippen LogP contribution in [0.5, 0.6) is 0 Å². The Labute approximate surface area is 148 Å². The third-order valence-corrected chi connectivity index (χ3v) is 4.74. The van der Waals surface area contributed by atoms with Crippen molar-refractivity contribution in [1.29, 1.82) is 0 Å². The predicted molar refractivity (Wildman–Crippen MR) is 106 cm³/mol. The van der Waals surface area contributed by atoms with Crippen LogP contribution in [0.4, 0.5) is 5.69 Å². The van der Waals surface area contributed by atoms with Gasteiger partial charge in [-0.1, -0.05) is 70.8 Å². The first-order chi connectivity index (χ1) is 10.2. The summed E-state index contributed by atoms with van der Waals surface area (Å²) in [4.78, 5) is 0. The molecule has 0 fully saturated rings. The lowest BCUT2D eigenvalue weighted by Gasteiger charge is -2.11. The highest BCUT2D eigenvalue weighted by Gasteiger charge is 2.03. The van der Waals surface area contributed by atoms with Gasteiger partial charge in [0.05, 0.1) is 0 Å². The van der Waals surface area contributed by atoms with Gasteiger partial charge in [-0.25, -0.2) is 0 Å². The molecule has 0 saturated heterocycles. The Morgan fingerprint density at radius 1 is 0.727 bits per heavy atom. The number of hydrogen-bond acceptors (Lipinski definition) is 1. The third-order valence-electron chi connectivity index (χ3n) is 4.74. The highest BCUT2D eigenvalue weighted by molar-refractivity contribution is 8.93. The van der Waals surface area contributed by atoms with Crippen molar-refractivity contribution in [2.45, 2.75) is 91.4 Å². The first-order valence-corrected chi connectivity index (χ1v) is 9.01. The number of nitrogen functional groups attached to an aromatic ring is 1. The fraction of sp³-hybridized carbons (Fsp3) is 0.700. The summed E-state index contributed by atoms with van der Waals surface area (Å²) in [5.41, 5.74) is 11.0. The van der Waals surface area contributed by atoms with Crippen molar-refractivity contribution in [2.24, 2.45) is 0 Å². The molecule has 0 atom stereocenters. The number of halogens is 1. The zero-order valence-electron chi connectivity index (χ0n) is 14.9. The zero-order chi connectivity index (χ0) is 15.5. The summed E-state index contributed by atoms with van der Waals surface area (Å²) in [6.45, 7) is 6.62. The molecule has 0 unspecified atom stereocenters. The second-order valence-corrected chi connectivity index (χ2v) is 6.50. The average Bonchev–Trinajstić information content (AvgIpc) is 2.49. The lowest BCUT2D eigenvalue weighted by molar-refractivity contribution is 0.556. The Bertz CT molecular complexity index is 401. The quantitative estimate of drug-likeness (QED) is 0.332. The van der Waals surface area contributed by atoms with Crippen LogP contribution in [0.15, 0.2) is 12.1 Å². The van der Waals surface area contributed by atoms with Gasteiger partial charge >= 0.3 is 0 Å². The summed E-state index contributed by atoms with van der Waals surface area (Å²) in [5.74, 6) is 0. The minimum Gasteiger partial charge on any atom is -0.399 e. The first kappa shape index (κ1) is 21.5. The maximum Gasteiger partial charge on any atom is 0.0346 e. The molecule has 0 saturated carbocycles. The molecule has 1 nitrogen and oxygen atoms in total. The minimum atomic E-state index is 0. The van der Waals surface area contributed by atoms with Crippen molar-refractivity contribution < 1.29 is 0 Å². The van der Waals surface area contributed by atoms with Gasteiger partial charge in [0.2, 0.25) is 0 Å². The Morgan fingerprint density at radius 3 is 1.77 bits per heavy atom. The summed E-state index contributed by atoms with van der Waals surface area (Å²) < 4.78 is 0. The van der Waals surface area contributed by atoms with Crippen molar-refractivity contribution in [3.63, 3.8) is 0 Å². The van der Waals surface area contributed by atoms with Gasteiger partial charge in [0, 0.05) is 5.69 Å². The summed E-state index contributed by atoms with van der Waals surface area (Å²) in [5, 5.41) is 0. The number of unbranched alkanes of at least 4 members (excludes halogenated alkanes) is 9. The molecule has 2 N–H and O–H groups in total. The predicted octanol–water partition coefficient (Wildman–Crippen LogP) is 6.93. The fourth-order valence-electron chi connectivity index (χ4n) is 2.97.